The molecular formula is C17H15F3N2O2S. The van der Waals surface area contributed by atoms with Crippen molar-refractivity contribution in [3.8, 4) is 6.07 Å². The average molecular weight is 368 g/mol. The summed E-state index contributed by atoms with van der Waals surface area (Å²) in [5.41, 5.74) is -1.65. The molecule has 4 rings (SSSR count). The third-order valence-corrected chi connectivity index (χ3v) is 8.69. The van der Waals surface area contributed by atoms with Crippen molar-refractivity contribution in [1.82, 2.24) is 0 Å². The van der Waals surface area contributed by atoms with Crippen molar-refractivity contribution in [3.05, 3.63) is 41.5 Å². The van der Waals surface area contributed by atoms with E-state index in [2.05, 4.69) is 0 Å². The molecule has 1 aromatic carbocycles. The summed E-state index contributed by atoms with van der Waals surface area (Å²) in [6.07, 6.45) is 0.0124. The van der Waals surface area contributed by atoms with Gasteiger partial charge in [-0.2, -0.15) is 18.4 Å². The van der Waals surface area contributed by atoms with Gasteiger partial charge in [-0.25, -0.2) is 8.42 Å². The Morgan fingerprint density at radius 2 is 2.04 bits per heavy atom. The Morgan fingerprint density at radius 3 is 2.64 bits per heavy atom. The number of sulfonamides is 1. The number of hydrogen-bond acceptors (Lipinski definition) is 3. The molecule has 2 bridgehead atoms. The van der Waals surface area contributed by atoms with Crippen LogP contribution in [0.3, 0.4) is 0 Å². The van der Waals surface area contributed by atoms with Gasteiger partial charge in [-0.1, -0.05) is 12.2 Å². The molecule has 3 aliphatic rings. The van der Waals surface area contributed by atoms with Crippen molar-refractivity contribution < 1.29 is 21.6 Å². The molecule has 4 nitrogen and oxygen atoms in total. The van der Waals surface area contributed by atoms with Crippen LogP contribution < -0.4 is 4.31 Å². The first kappa shape index (κ1) is 16.5. The number of hydrogen-bond donors (Lipinski definition) is 0. The topological polar surface area (TPSA) is 61.2 Å². The first-order valence-electron chi connectivity index (χ1n) is 7.92. The molecule has 2 fully saturated rings. The fraction of sp³-hybridized carbons (Fsp3) is 0.471. The third-order valence-electron chi connectivity index (χ3n) is 6.03. The molecule has 2 aliphatic carbocycles. The van der Waals surface area contributed by atoms with Crippen molar-refractivity contribution >= 4 is 15.7 Å². The maximum absolute atomic E-state index is 13.2. The van der Waals surface area contributed by atoms with Crippen LogP contribution in [0.25, 0.3) is 0 Å². The van der Waals surface area contributed by atoms with Gasteiger partial charge in [0.2, 0.25) is 10.0 Å². The standard InChI is InChI=1S/C17H15F3N2O2S/c1-16-12-4-2-10(6-12)15(16)9-22(25(16,23)24)13-5-3-11(8-21)14(7-13)17(18,19)20/h2-5,7,10,12,15H,6,9H2,1H3/t10-,12+,15+,16-/m1/s1. The van der Waals surface area contributed by atoms with Crippen LogP contribution in [0.2, 0.25) is 0 Å². The minimum Gasteiger partial charge on any atom is -0.269 e. The van der Waals surface area contributed by atoms with Crippen LogP contribution in [-0.4, -0.2) is 19.7 Å². The summed E-state index contributed by atoms with van der Waals surface area (Å²) in [6.45, 7) is 1.88. The first-order valence-corrected chi connectivity index (χ1v) is 9.36. The van der Waals surface area contributed by atoms with Crippen molar-refractivity contribution in [2.45, 2.75) is 24.3 Å². The largest absolute Gasteiger partial charge is 0.417 e. The van der Waals surface area contributed by atoms with E-state index in [1.165, 1.54) is 12.1 Å². The number of rotatable bonds is 1. The van der Waals surface area contributed by atoms with Crippen LogP contribution in [0.4, 0.5) is 18.9 Å². The van der Waals surface area contributed by atoms with Crippen molar-refractivity contribution in [2.75, 3.05) is 10.8 Å². The zero-order chi connectivity index (χ0) is 18.2. The Labute approximate surface area is 143 Å². The zero-order valence-corrected chi connectivity index (χ0v) is 14.1. The van der Waals surface area contributed by atoms with Crippen molar-refractivity contribution in [2.24, 2.45) is 17.8 Å². The molecule has 0 N–H and O–H groups in total. The van der Waals surface area contributed by atoms with E-state index in [0.717, 1.165) is 22.9 Å². The Morgan fingerprint density at radius 1 is 1.32 bits per heavy atom. The van der Waals surface area contributed by atoms with Gasteiger partial charge >= 0.3 is 6.18 Å². The predicted octanol–water partition coefficient (Wildman–Crippen LogP) is 3.31. The highest BCUT2D eigenvalue weighted by molar-refractivity contribution is 7.94. The molecule has 0 radical (unpaired) electrons. The number of fused-ring (bicyclic) bond motifs is 5. The van der Waals surface area contributed by atoms with Gasteiger partial charge in [0, 0.05) is 12.5 Å². The van der Waals surface area contributed by atoms with E-state index >= 15 is 0 Å². The minimum atomic E-state index is -4.72. The van der Waals surface area contributed by atoms with E-state index < -0.39 is 32.1 Å². The summed E-state index contributed by atoms with van der Waals surface area (Å²) in [4.78, 5) is 0. The second-order valence-electron chi connectivity index (χ2n) is 7.06. The van der Waals surface area contributed by atoms with Gasteiger partial charge in [-0.05, 0) is 43.4 Å². The van der Waals surface area contributed by atoms with Crippen LogP contribution in [0.5, 0.6) is 0 Å². The Kier molecular flexibility index (Phi) is 3.15. The number of allylic oxidation sites excluding steroid dienone is 2. The van der Waals surface area contributed by atoms with Gasteiger partial charge < -0.3 is 0 Å². The smallest absolute Gasteiger partial charge is 0.269 e. The van der Waals surface area contributed by atoms with Gasteiger partial charge in [0.15, 0.2) is 0 Å². The maximum atomic E-state index is 13.2. The molecule has 8 heteroatoms. The fourth-order valence-electron chi connectivity index (χ4n) is 4.63. The Balaban J connectivity index is 1.82. The molecule has 1 aromatic rings. The van der Waals surface area contributed by atoms with Crippen molar-refractivity contribution in [3.63, 3.8) is 0 Å². The second kappa shape index (κ2) is 4.79. The second-order valence-corrected chi connectivity index (χ2v) is 9.33. The molecule has 1 saturated carbocycles. The van der Waals surface area contributed by atoms with E-state index in [-0.39, 0.29) is 30.0 Å². The highest BCUT2D eigenvalue weighted by Crippen LogP contribution is 2.59. The van der Waals surface area contributed by atoms with Gasteiger partial charge in [0.05, 0.1) is 27.6 Å². The van der Waals surface area contributed by atoms with Crippen LogP contribution >= 0.6 is 0 Å². The number of nitriles is 1. The first-order chi connectivity index (χ1) is 11.6. The lowest BCUT2D eigenvalue weighted by atomic mass is 9.83. The molecule has 132 valence electrons. The van der Waals surface area contributed by atoms with E-state index in [1.807, 2.05) is 12.2 Å². The maximum Gasteiger partial charge on any atom is 0.417 e. The van der Waals surface area contributed by atoms with Crippen LogP contribution in [0, 0.1) is 29.1 Å². The average Bonchev–Trinajstić information content (AvgIpc) is 3.17. The SMILES string of the molecule is C[C@@]12[C@H]3C=C[C@H](C3)[C@@H]1CN(c1ccc(C#N)c(C(F)(F)F)c1)S2(=O)=O. The lowest BCUT2D eigenvalue weighted by Crippen LogP contribution is -2.43. The molecule has 0 spiro atoms. The van der Waals surface area contributed by atoms with Crippen LogP contribution in [0.1, 0.15) is 24.5 Å². The monoisotopic (exact) mass is 368 g/mol. The van der Waals surface area contributed by atoms with Gasteiger partial charge in [-0.15, -0.1) is 0 Å². The van der Waals surface area contributed by atoms with Gasteiger partial charge in [-0.3, -0.25) is 4.31 Å². The Bertz CT molecular complexity index is 932. The molecule has 4 atom stereocenters. The molecule has 0 unspecified atom stereocenters. The molecule has 1 saturated heterocycles. The number of anilines is 1. The zero-order valence-electron chi connectivity index (χ0n) is 13.3. The summed E-state index contributed by atoms with van der Waals surface area (Å²) in [5, 5.41) is 8.90. The predicted molar refractivity (Wildman–Crippen MR) is 85.1 cm³/mol. The third kappa shape index (κ3) is 1.96. The van der Waals surface area contributed by atoms with E-state index in [0.29, 0.717) is 0 Å². The molecule has 25 heavy (non-hydrogen) atoms. The lowest BCUT2D eigenvalue weighted by Gasteiger charge is -2.30. The lowest BCUT2D eigenvalue weighted by molar-refractivity contribution is -0.137. The quantitative estimate of drug-likeness (QED) is 0.715. The number of halogens is 3. The molecule has 0 amide bonds. The highest BCUT2D eigenvalue weighted by Gasteiger charge is 2.66. The summed E-state index contributed by atoms with van der Waals surface area (Å²) >= 11 is 0. The molecular weight excluding hydrogens is 353 g/mol. The normalized spacial score (nSPS) is 35.0. The Hall–Kier alpha value is -2.01. The van der Waals surface area contributed by atoms with E-state index in [9.17, 15) is 21.6 Å². The summed E-state index contributed by atoms with van der Waals surface area (Å²) < 4.78 is 66.0. The fourth-order valence-corrected chi connectivity index (χ4v) is 7.04. The minimum absolute atomic E-state index is 0.0265. The van der Waals surface area contributed by atoms with Gasteiger partial charge in [0.25, 0.3) is 0 Å². The van der Waals surface area contributed by atoms with E-state index in [1.54, 1.807) is 6.92 Å². The molecule has 1 heterocycles. The number of alkyl halides is 3. The molecule has 1 aliphatic heterocycles. The summed E-state index contributed by atoms with van der Waals surface area (Å²) in [6, 6.07) is 4.61. The number of nitrogens with zero attached hydrogens (tertiary/aromatic N) is 2. The summed E-state index contributed by atoms with van der Waals surface area (Å²) in [5.74, 6) is -0.0781. The van der Waals surface area contributed by atoms with E-state index in [4.69, 9.17) is 5.26 Å². The van der Waals surface area contributed by atoms with Gasteiger partial charge in [0.1, 0.15) is 0 Å². The van der Waals surface area contributed by atoms with Crippen LogP contribution in [-0.2, 0) is 16.2 Å². The highest BCUT2D eigenvalue weighted by atomic mass is 32.2. The summed E-state index contributed by atoms with van der Waals surface area (Å²) in [7, 11) is -3.80. The number of benzene rings is 1. The van der Waals surface area contributed by atoms with Crippen LogP contribution in [0.15, 0.2) is 30.4 Å². The van der Waals surface area contributed by atoms with Crippen molar-refractivity contribution in [1.29, 1.82) is 5.26 Å². The molecule has 0 aromatic heterocycles.